The quantitative estimate of drug-likeness (QED) is 0.561. The molecule has 1 atom stereocenters. The summed E-state index contributed by atoms with van der Waals surface area (Å²) in [5, 5.41) is 0. The molecule has 0 radical (unpaired) electrons. The lowest BCUT2D eigenvalue weighted by Gasteiger charge is -2.20. The summed E-state index contributed by atoms with van der Waals surface area (Å²) in [5.74, 6) is 2.19. The van der Waals surface area contributed by atoms with E-state index in [1.165, 1.54) is 0 Å². The molecule has 0 amide bonds. The summed E-state index contributed by atoms with van der Waals surface area (Å²) >= 11 is 0. The number of carbonyl (C=O) groups excluding carboxylic acids is 1. The molecule has 0 aliphatic heterocycles. The lowest BCUT2D eigenvalue weighted by Crippen LogP contribution is -2.24. The Morgan fingerprint density at radius 3 is 2.31 bits per heavy atom. The van der Waals surface area contributed by atoms with Gasteiger partial charge in [-0.25, -0.2) is 0 Å². The zero-order valence-electron chi connectivity index (χ0n) is 9.86. The molecule has 1 aromatic rings. The van der Waals surface area contributed by atoms with E-state index < -0.39 is 11.5 Å². The fourth-order valence-electron chi connectivity index (χ4n) is 1.11. The first-order valence-electron chi connectivity index (χ1n) is 5.17. The van der Waals surface area contributed by atoms with Crippen LogP contribution < -0.4 is 0 Å². The smallest absolute Gasteiger partial charge is 0.312 e. The molecule has 1 aromatic carbocycles. The van der Waals surface area contributed by atoms with E-state index >= 15 is 0 Å². The Labute approximate surface area is 96.6 Å². The van der Waals surface area contributed by atoms with Gasteiger partial charge in [-0.15, -0.1) is 6.42 Å². The molecule has 0 saturated carbocycles. The molecule has 0 bridgehead atoms. The van der Waals surface area contributed by atoms with Crippen LogP contribution in [-0.4, -0.2) is 5.97 Å². The van der Waals surface area contributed by atoms with Crippen molar-refractivity contribution in [3.8, 4) is 12.3 Å². The molecule has 0 fully saturated rings. The van der Waals surface area contributed by atoms with Gasteiger partial charge in [0.05, 0.1) is 5.41 Å². The minimum absolute atomic E-state index is 0.292. The molecule has 0 aliphatic carbocycles. The molecular formula is C14H16O2. The highest BCUT2D eigenvalue weighted by atomic mass is 16.5. The largest absolute Gasteiger partial charge is 0.444 e. The highest BCUT2D eigenvalue weighted by Gasteiger charge is 2.26. The lowest BCUT2D eigenvalue weighted by atomic mass is 9.97. The fourth-order valence-corrected chi connectivity index (χ4v) is 1.11. The second-order valence-corrected chi connectivity index (χ2v) is 4.61. The van der Waals surface area contributed by atoms with Crippen LogP contribution in [0.25, 0.3) is 0 Å². The monoisotopic (exact) mass is 216 g/mol. The third kappa shape index (κ3) is 3.13. The SMILES string of the molecule is C#C[C@H](OC(=O)C(C)(C)C)c1ccccc1. The second kappa shape index (κ2) is 4.85. The van der Waals surface area contributed by atoms with Gasteiger partial charge >= 0.3 is 5.97 Å². The van der Waals surface area contributed by atoms with Gasteiger partial charge in [-0.1, -0.05) is 36.3 Å². The lowest BCUT2D eigenvalue weighted by molar-refractivity contribution is -0.156. The second-order valence-electron chi connectivity index (χ2n) is 4.61. The molecule has 0 heterocycles. The average molecular weight is 216 g/mol. The van der Waals surface area contributed by atoms with E-state index in [2.05, 4.69) is 5.92 Å². The van der Waals surface area contributed by atoms with E-state index in [0.29, 0.717) is 0 Å². The summed E-state index contributed by atoms with van der Waals surface area (Å²) in [6.07, 6.45) is 4.77. The van der Waals surface area contributed by atoms with Gasteiger partial charge in [-0.2, -0.15) is 0 Å². The van der Waals surface area contributed by atoms with Gasteiger partial charge in [0.1, 0.15) is 0 Å². The van der Waals surface area contributed by atoms with Crippen molar-refractivity contribution in [2.45, 2.75) is 26.9 Å². The summed E-state index contributed by atoms with van der Waals surface area (Å²) in [5.41, 5.74) is 0.284. The van der Waals surface area contributed by atoms with Crippen LogP contribution in [0.2, 0.25) is 0 Å². The minimum atomic E-state index is -0.604. The molecule has 1 rings (SSSR count). The number of terminal acetylenes is 1. The zero-order chi connectivity index (χ0) is 12.2. The number of carbonyl (C=O) groups is 1. The average Bonchev–Trinajstić information content (AvgIpc) is 2.25. The third-order valence-corrected chi connectivity index (χ3v) is 2.09. The Morgan fingerprint density at radius 2 is 1.88 bits per heavy atom. The fraction of sp³-hybridized carbons (Fsp3) is 0.357. The van der Waals surface area contributed by atoms with Gasteiger partial charge in [0.25, 0.3) is 0 Å². The number of ether oxygens (including phenoxy) is 1. The number of rotatable bonds is 2. The molecule has 0 unspecified atom stereocenters. The number of benzene rings is 1. The maximum Gasteiger partial charge on any atom is 0.312 e. The van der Waals surface area contributed by atoms with Gasteiger partial charge in [0, 0.05) is 5.56 Å². The van der Waals surface area contributed by atoms with E-state index in [0.717, 1.165) is 5.56 Å². The van der Waals surface area contributed by atoms with Gasteiger partial charge in [-0.05, 0) is 20.8 Å². The molecule has 2 nitrogen and oxygen atoms in total. The van der Waals surface area contributed by atoms with E-state index in [1.54, 1.807) is 20.8 Å². The van der Waals surface area contributed by atoms with Crippen LogP contribution in [0.1, 0.15) is 32.4 Å². The van der Waals surface area contributed by atoms with Crippen LogP contribution in [-0.2, 0) is 9.53 Å². The summed E-state index contributed by atoms with van der Waals surface area (Å²) in [6.45, 7) is 5.40. The Kier molecular flexibility index (Phi) is 3.73. The normalized spacial score (nSPS) is 12.6. The van der Waals surface area contributed by atoms with Crippen molar-refractivity contribution in [2.24, 2.45) is 5.41 Å². The predicted molar refractivity (Wildman–Crippen MR) is 63.6 cm³/mol. The topological polar surface area (TPSA) is 26.3 Å². The molecule has 0 aromatic heterocycles. The van der Waals surface area contributed by atoms with Crippen molar-refractivity contribution in [3.05, 3.63) is 35.9 Å². The van der Waals surface area contributed by atoms with Gasteiger partial charge < -0.3 is 4.74 Å². The summed E-state index contributed by atoms with van der Waals surface area (Å²) in [7, 11) is 0. The molecule has 2 heteroatoms. The first-order chi connectivity index (χ1) is 7.45. The molecular weight excluding hydrogens is 200 g/mol. The van der Waals surface area contributed by atoms with E-state index in [-0.39, 0.29) is 5.97 Å². The molecule has 0 aliphatic rings. The standard InChI is InChI=1S/C14H16O2/c1-5-12(11-9-7-6-8-10-11)16-13(15)14(2,3)4/h1,6-10,12H,2-4H3/t12-/m0/s1. The van der Waals surface area contributed by atoms with E-state index in [1.807, 2.05) is 30.3 Å². The Morgan fingerprint density at radius 1 is 1.31 bits per heavy atom. The summed E-state index contributed by atoms with van der Waals surface area (Å²) < 4.78 is 5.28. The maximum atomic E-state index is 11.7. The first-order valence-corrected chi connectivity index (χ1v) is 5.17. The molecule has 0 spiro atoms. The first kappa shape index (κ1) is 12.3. The Balaban J connectivity index is 2.80. The van der Waals surface area contributed by atoms with Crippen LogP contribution in [0.3, 0.4) is 0 Å². The summed E-state index contributed by atoms with van der Waals surface area (Å²) in [4.78, 5) is 11.7. The Hall–Kier alpha value is -1.75. The highest BCUT2D eigenvalue weighted by Crippen LogP contribution is 2.22. The zero-order valence-corrected chi connectivity index (χ0v) is 9.86. The van der Waals surface area contributed by atoms with Crippen LogP contribution in [0.15, 0.2) is 30.3 Å². The molecule has 0 N–H and O–H groups in total. The van der Waals surface area contributed by atoms with Crippen molar-refractivity contribution in [3.63, 3.8) is 0 Å². The highest BCUT2D eigenvalue weighted by molar-refractivity contribution is 5.75. The van der Waals surface area contributed by atoms with Crippen LogP contribution in [0.4, 0.5) is 0 Å². The van der Waals surface area contributed by atoms with Gasteiger partial charge in [0.15, 0.2) is 6.10 Å². The molecule has 0 saturated heterocycles. The van der Waals surface area contributed by atoms with Crippen LogP contribution in [0.5, 0.6) is 0 Å². The minimum Gasteiger partial charge on any atom is -0.444 e. The van der Waals surface area contributed by atoms with Crippen molar-refractivity contribution < 1.29 is 9.53 Å². The van der Waals surface area contributed by atoms with E-state index in [9.17, 15) is 4.79 Å². The van der Waals surface area contributed by atoms with E-state index in [4.69, 9.17) is 11.2 Å². The Bertz CT molecular complexity index is 393. The maximum absolute atomic E-state index is 11.7. The van der Waals surface area contributed by atoms with Crippen LogP contribution >= 0.6 is 0 Å². The van der Waals surface area contributed by atoms with Crippen molar-refractivity contribution in [1.82, 2.24) is 0 Å². The predicted octanol–water partition coefficient (Wildman–Crippen LogP) is 2.95. The number of esters is 1. The molecule has 84 valence electrons. The summed E-state index contributed by atoms with van der Waals surface area (Å²) in [6, 6.07) is 9.32. The number of hydrogen-bond acceptors (Lipinski definition) is 2. The molecule has 16 heavy (non-hydrogen) atoms. The van der Waals surface area contributed by atoms with Crippen molar-refractivity contribution in [1.29, 1.82) is 0 Å². The van der Waals surface area contributed by atoms with Crippen LogP contribution in [0, 0.1) is 17.8 Å². The number of hydrogen-bond donors (Lipinski definition) is 0. The third-order valence-electron chi connectivity index (χ3n) is 2.09. The van der Waals surface area contributed by atoms with Gasteiger partial charge in [-0.3, -0.25) is 4.79 Å². The van der Waals surface area contributed by atoms with Gasteiger partial charge in [0.2, 0.25) is 0 Å². The van der Waals surface area contributed by atoms with Crippen molar-refractivity contribution >= 4 is 5.97 Å². The van der Waals surface area contributed by atoms with Crippen molar-refractivity contribution in [2.75, 3.05) is 0 Å².